The third-order valence-electron chi connectivity index (χ3n) is 4.17. The molecular weight excluding hydrogens is 294 g/mol. The zero-order chi connectivity index (χ0) is 16.2. The monoisotopic (exact) mass is 315 g/mol. The number of rotatable bonds is 4. The van der Waals surface area contributed by atoms with Crippen LogP contribution in [0.4, 0.5) is 4.79 Å². The van der Waals surface area contributed by atoms with Crippen molar-refractivity contribution in [2.75, 3.05) is 26.2 Å². The number of esters is 1. The molecule has 0 bridgehead atoms. The molecule has 1 aromatic carbocycles. The van der Waals surface area contributed by atoms with Crippen molar-refractivity contribution in [3.8, 4) is 0 Å². The fourth-order valence-electron chi connectivity index (χ4n) is 2.99. The molecule has 0 fully saturated rings. The zero-order valence-electron chi connectivity index (χ0n) is 13.2. The number of ether oxygens (including phenoxy) is 1. The van der Waals surface area contributed by atoms with E-state index in [2.05, 4.69) is 33.7 Å². The van der Waals surface area contributed by atoms with Crippen LogP contribution in [0.1, 0.15) is 18.1 Å². The predicted molar refractivity (Wildman–Crippen MR) is 85.6 cm³/mol. The smallest absolute Gasteiger partial charge is 0.337 e. The van der Waals surface area contributed by atoms with Crippen LogP contribution >= 0.6 is 0 Å². The average Bonchev–Trinajstić information content (AvgIpc) is 2.55. The number of urea groups is 1. The van der Waals surface area contributed by atoms with E-state index in [-0.39, 0.29) is 18.5 Å². The molecule has 122 valence electrons. The Kier molecular flexibility index (Phi) is 4.62. The summed E-state index contributed by atoms with van der Waals surface area (Å²) in [4.78, 5) is 25.9. The highest BCUT2D eigenvalue weighted by Crippen LogP contribution is 2.20. The number of nitrogens with zero attached hydrogens (tertiary/aromatic N) is 1. The molecular formula is C17H21N3O3. The van der Waals surface area contributed by atoms with Gasteiger partial charge in [-0.1, -0.05) is 24.3 Å². The van der Waals surface area contributed by atoms with E-state index >= 15 is 0 Å². The first-order valence-corrected chi connectivity index (χ1v) is 7.90. The van der Waals surface area contributed by atoms with Crippen molar-refractivity contribution >= 4 is 12.0 Å². The molecule has 1 aromatic rings. The van der Waals surface area contributed by atoms with Crippen molar-refractivity contribution in [2.45, 2.75) is 19.9 Å². The highest BCUT2D eigenvalue weighted by atomic mass is 16.5. The second-order valence-electron chi connectivity index (χ2n) is 5.71. The maximum Gasteiger partial charge on any atom is 0.337 e. The molecule has 23 heavy (non-hydrogen) atoms. The molecule has 2 amide bonds. The van der Waals surface area contributed by atoms with Crippen molar-refractivity contribution in [3.63, 3.8) is 0 Å². The summed E-state index contributed by atoms with van der Waals surface area (Å²) in [5, 5.41) is 5.39. The van der Waals surface area contributed by atoms with Gasteiger partial charge in [0.1, 0.15) is 0 Å². The summed E-state index contributed by atoms with van der Waals surface area (Å²) in [5.74, 6) is -0.368. The van der Waals surface area contributed by atoms with E-state index in [4.69, 9.17) is 4.74 Å². The van der Waals surface area contributed by atoms with Gasteiger partial charge in [-0.05, 0) is 24.5 Å². The SMILES string of the molecule is CCOC(=O)C1=C(CN2CCc3ccccc3C2)NC(=O)NC1. The minimum atomic E-state index is -0.368. The van der Waals surface area contributed by atoms with Gasteiger partial charge in [-0.3, -0.25) is 4.90 Å². The second-order valence-corrected chi connectivity index (χ2v) is 5.71. The van der Waals surface area contributed by atoms with Gasteiger partial charge >= 0.3 is 12.0 Å². The number of carbonyl (C=O) groups excluding carboxylic acids is 2. The van der Waals surface area contributed by atoms with Gasteiger partial charge in [0, 0.05) is 25.3 Å². The fourth-order valence-corrected chi connectivity index (χ4v) is 2.99. The Hall–Kier alpha value is -2.34. The van der Waals surface area contributed by atoms with Crippen LogP contribution in [0.3, 0.4) is 0 Å². The first-order chi connectivity index (χ1) is 11.2. The predicted octanol–water partition coefficient (Wildman–Crippen LogP) is 1.17. The van der Waals surface area contributed by atoms with Crippen LogP contribution in [-0.4, -0.2) is 43.1 Å². The van der Waals surface area contributed by atoms with Crippen LogP contribution in [0.15, 0.2) is 35.5 Å². The molecule has 0 aliphatic carbocycles. The van der Waals surface area contributed by atoms with Crippen LogP contribution in [-0.2, 0) is 22.5 Å². The molecule has 0 radical (unpaired) electrons. The first-order valence-electron chi connectivity index (χ1n) is 7.90. The van der Waals surface area contributed by atoms with Crippen molar-refractivity contribution in [1.82, 2.24) is 15.5 Å². The molecule has 0 unspecified atom stereocenters. The Morgan fingerprint density at radius 2 is 2.09 bits per heavy atom. The summed E-state index contributed by atoms with van der Waals surface area (Å²) in [6.07, 6.45) is 0.977. The van der Waals surface area contributed by atoms with Crippen molar-refractivity contribution in [3.05, 3.63) is 46.7 Å². The number of nitrogens with one attached hydrogen (secondary N) is 2. The summed E-state index contributed by atoms with van der Waals surface area (Å²) < 4.78 is 5.09. The topological polar surface area (TPSA) is 70.7 Å². The maximum absolute atomic E-state index is 12.1. The van der Waals surface area contributed by atoms with Gasteiger partial charge in [-0.15, -0.1) is 0 Å². The Morgan fingerprint density at radius 1 is 1.30 bits per heavy atom. The Balaban J connectivity index is 1.76. The molecule has 0 saturated heterocycles. The van der Waals surface area contributed by atoms with Gasteiger partial charge in [-0.2, -0.15) is 0 Å². The summed E-state index contributed by atoms with van der Waals surface area (Å²) in [6.45, 7) is 4.56. The van der Waals surface area contributed by atoms with Gasteiger partial charge in [0.25, 0.3) is 0 Å². The van der Waals surface area contributed by atoms with E-state index in [0.717, 1.165) is 19.5 Å². The lowest BCUT2D eigenvalue weighted by molar-refractivity contribution is -0.138. The molecule has 0 spiro atoms. The van der Waals surface area contributed by atoms with Gasteiger partial charge in [0.15, 0.2) is 0 Å². The lowest BCUT2D eigenvalue weighted by Gasteiger charge is -2.31. The largest absolute Gasteiger partial charge is 0.463 e. The highest BCUT2D eigenvalue weighted by Gasteiger charge is 2.26. The highest BCUT2D eigenvalue weighted by molar-refractivity contribution is 5.93. The second kappa shape index (κ2) is 6.83. The van der Waals surface area contributed by atoms with Crippen LogP contribution in [0.2, 0.25) is 0 Å². The van der Waals surface area contributed by atoms with Crippen molar-refractivity contribution in [2.24, 2.45) is 0 Å². The van der Waals surface area contributed by atoms with Crippen LogP contribution in [0.25, 0.3) is 0 Å². The first kappa shape index (κ1) is 15.6. The Morgan fingerprint density at radius 3 is 2.87 bits per heavy atom. The normalized spacial score (nSPS) is 18.0. The molecule has 0 saturated carbocycles. The molecule has 0 aromatic heterocycles. The Bertz CT molecular complexity index is 654. The number of carbonyl (C=O) groups is 2. The third-order valence-corrected chi connectivity index (χ3v) is 4.17. The van der Waals surface area contributed by atoms with Gasteiger partial charge in [0.05, 0.1) is 18.7 Å². The van der Waals surface area contributed by atoms with Crippen LogP contribution in [0, 0.1) is 0 Å². The van der Waals surface area contributed by atoms with Crippen LogP contribution in [0.5, 0.6) is 0 Å². The number of amides is 2. The molecule has 2 aliphatic rings. The van der Waals surface area contributed by atoms with Crippen molar-refractivity contribution in [1.29, 1.82) is 0 Å². The quantitative estimate of drug-likeness (QED) is 0.819. The van der Waals surface area contributed by atoms with E-state index < -0.39 is 0 Å². The van der Waals surface area contributed by atoms with Gasteiger partial charge in [0.2, 0.25) is 0 Å². The zero-order valence-corrected chi connectivity index (χ0v) is 13.2. The van der Waals surface area contributed by atoms with E-state index in [9.17, 15) is 9.59 Å². The Labute approximate surface area is 135 Å². The lowest BCUT2D eigenvalue weighted by Crippen LogP contribution is -2.47. The number of benzene rings is 1. The average molecular weight is 315 g/mol. The summed E-state index contributed by atoms with van der Waals surface area (Å²) in [6, 6.07) is 8.11. The van der Waals surface area contributed by atoms with Gasteiger partial charge < -0.3 is 15.4 Å². The van der Waals surface area contributed by atoms with E-state index in [1.807, 2.05) is 6.07 Å². The molecule has 0 atom stereocenters. The number of hydrogen-bond donors (Lipinski definition) is 2. The minimum absolute atomic E-state index is 0.213. The van der Waals surface area contributed by atoms with Gasteiger partial charge in [-0.25, -0.2) is 9.59 Å². The third kappa shape index (κ3) is 3.53. The van der Waals surface area contributed by atoms with E-state index in [1.165, 1.54) is 11.1 Å². The summed E-state index contributed by atoms with van der Waals surface area (Å²) in [5.41, 5.74) is 3.83. The molecule has 2 aliphatic heterocycles. The minimum Gasteiger partial charge on any atom is -0.463 e. The summed E-state index contributed by atoms with van der Waals surface area (Å²) in [7, 11) is 0. The fraction of sp³-hybridized carbons (Fsp3) is 0.412. The molecule has 2 N–H and O–H groups in total. The van der Waals surface area contributed by atoms with E-state index in [1.54, 1.807) is 6.92 Å². The van der Waals surface area contributed by atoms with Crippen LogP contribution < -0.4 is 10.6 Å². The molecule has 6 heteroatoms. The number of hydrogen-bond acceptors (Lipinski definition) is 4. The van der Waals surface area contributed by atoms with E-state index in [0.29, 0.717) is 24.4 Å². The van der Waals surface area contributed by atoms with Crippen molar-refractivity contribution < 1.29 is 14.3 Å². The lowest BCUT2D eigenvalue weighted by atomic mass is 9.99. The standard InChI is InChI=1S/C17H21N3O3/c1-2-23-16(21)14-9-18-17(22)19-15(14)11-20-8-7-12-5-3-4-6-13(12)10-20/h3-6H,2,7-11H2,1H3,(H2,18,19,22). The molecule has 2 heterocycles. The number of fused-ring (bicyclic) bond motifs is 1. The maximum atomic E-state index is 12.1. The summed E-state index contributed by atoms with van der Waals surface area (Å²) >= 11 is 0. The molecule has 3 rings (SSSR count). The molecule has 6 nitrogen and oxygen atoms in total.